The van der Waals surface area contributed by atoms with Gasteiger partial charge in [-0.2, -0.15) is 0 Å². The Hall–Kier alpha value is -1.14. The van der Waals surface area contributed by atoms with Crippen LogP contribution in [0.5, 0.6) is 0 Å². The van der Waals surface area contributed by atoms with Gasteiger partial charge in [0.05, 0.1) is 0 Å². The molecule has 0 radical (unpaired) electrons. The number of carbonyl (C=O) groups excluding carboxylic acids is 2. The third kappa shape index (κ3) is 4.67. The summed E-state index contributed by atoms with van der Waals surface area (Å²) in [5.41, 5.74) is -1.32. The topological polar surface area (TPSA) is 71.1 Å². The molecule has 1 saturated carbocycles. The van der Waals surface area contributed by atoms with Gasteiger partial charge in [0, 0.05) is 12.8 Å². The van der Waals surface area contributed by atoms with Gasteiger partial charge in [-0.3, -0.25) is 0 Å². The normalized spacial score (nSPS) is 27.2. The van der Waals surface area contributed by atoms with Gasteiger partial charge in [-0.05, 0) is 54.4 Å². The second kappa shape index (κ2) is 6.06. The first-order valence-corrected chi connectivity index (χ1v) is 8.22. The maximum atomic E-state index is 12.4. The lowest BCUT2D eigenvalue weighted by Crippen LogP contribution is -2.43. The van der Waals surface area contributed by atoms with Gasteiger partial charge in [0.25, 0.3) is 0 Å². The van der Waals surface area contributed by atoms with Crippen LogP contribution in [-0.4, -0.2) is 41.1 Å². The van der Waals surface area contributed by atoms with Crippen molar-refractivity contribution in [2.45, 2.75) is 96.4 Å². The summed E-state index contributed by atoms with van der Waals surface area (Å²) in [6.45, 7) is 10.6. The number of esters is 2. The van der Waals surface area contributed by atoms with Gasteiger partial charge >= 0.3 is 11.9 Å². The van der Waals surface area contributed by atoms with Crippen LogP contribution in [0.15, 0.2) is 0 Å². The van der Waals surface area contributed by atoms with Crippen molar-refractivity contribution in [1.29, 1.82) is 0 Å². The quantitative estimate of drug-likeness (QED) is 0.726. The predicted molar refractivity (Wildman–Crippen MR) is 82.6 cm³/mol. The fourth-order valence-corrected chi connectivity index (χ4v) is 2.83. The zero-order valence-corrected chi connectivity index (χ0v) is 14.9. The lowest BCUT2D eigenvalue weighted by molar-refractivity contribution is -0.191. The standard InChI is InChI=1S/C17H28O6/c1-15(2,3)22-13(18)11-12(14(19)23-16(4,5)6)21-17(20-11)9-7-8-10-17/h11-12H,7-10H2,1-6H3/t11-,12-/m1/s1. The number of rotatable bonds is 2. The second-order valence-corrected chi connectivity index (χ2v) is 8.26. The highest BCUT2D eigenvalue weighted by molar-refractivity contribution is 5.86. The van der Waals surface area contributed by atoms with Gasteiger partial charge in [-0.1, -0.05) is 0 Å². The van der Waals surface area contributed by atoms with Crippen LogP contribution in [-0.2, 0) is 28.5 Å². The second-order valence-electron chi connectivity index (χ2n) is 8.26. The summed E-state index contributed by atoms with van der Waals surface area (Å²) in [5.74, 6) is -2.03. The summed E-state index contributed by atoms with van der Waals surface area (Å²) < 4.78 is 22.5. The maximum Gasteiger partial charge on any atom is 0.339 e. The minimum atomic E-state index is -1.08. The van der Waals surface area contributed by atoms with Gasteiger partial charge in [0.15, 0.2) is 18.0 Å². The van der Waals surface area contributed by atoms with Crippen molar-refractivity contribution in [2.75, 3.05) is 0 Å². The third-order valence-corrected chi connectivity index (χ3v) is 3.60. The van der Waals surface area contributed by atoms with Crippen molar-refractivity contribution in [3.05, 3.63) is 0 Å². The van der Waals surface area contributed by atoms with Crippen LogP contribution >= 0.6 is 0 Å². The van der Waals surface area contributed by atoms with Gasteiger partial charge in [0.2, 0.25) is 0 Å². The van der Waals surface area contributed by atoms with E-state index in [0.717, 1.165) is 12.8 Å². The molecule has 2 aliphatic rings. The molecular formula is C17H28O6. The van der Waals surface area contributed by atoms with E-state index in [4.69, 9.17) is 18.9 Å². The molecule has 6 nitrogen and oxygen atoms in total. The Morgan fingerprint density at radius 2 is 1.17 bits per heavy atom. The molecule has 1 spiro atoms. The van der Waals surface area contributed by atoms with Crippen molar-refractivity contribution in [1.82, 2.24) is 0 Å². The fraction of sp³-hybridized carbons (Fsp3) is 0.882. The summed E-state index contributed by atoms with van der Waals surface area (Å²) >= 11 is 0. The van der Waals surface area contributed by atoms with Gasteiger partial charge in [-0.15, -0.1) is 0 Å². The molecule has 23 heavy (non-hydrogen) atoms. The molecule has 0 aromatic carbocycles. The van der Waals surface area contributed by atoms with E-state index in [9.17, 15) is 9.59 Å². The van der Waals surface area contributed by atoms with Crippen LogP contribution in [0, 0.1) is 0 Å². The summed E-state index contributed by atoms with van der Waals surface area (Å²) in [4.78, 5) is 24.9. The van der Waals surface area contributed by atoms with Crippen molar-refractivity contribution in [3.63, 3.8) is 0 Å². The molecule has 0 bridgehead atoms. The Kier molecular flexibility index (Phi) is 4.79. The van der Waals surface area contributed by atoms with Crippen LogP contribution in [0.1, 0.15) is 67.2 Å². The molecule has 2 fully saturated rings. The van der Waals surface area contributed by atoms with Crippen molar-refractivity contribution < 1.29 is 28.5 Å². The number of hydrogen-bond donors (Lipinski definition) is 0. The van der Waals surface area contributed by atoms with Crippen LogP contribution in [0.3, 0.4) is 0 Å². The third-order valence-electron chi connectivity index (χ3n) is 3.60. The van der Waals surface area contributed by atoms with E-state index < -0.39 is 41.1 Å². The van der Waals surface area contributed by atoms with Crippen LogP contribution in [0.4, 0.5) is 0 Å². The van der Waals surface area contributed by atoms with E-state index in [0.29, 0.717) is 12.8 Å². The molecule has 2 rings (SSSR count). The van der Waals surface area contributed by atoms with Crippen LogP contribution < -0.4 is 0 Å². The van der Waals surface area contributed by atoms with E-state index in [-0.39, 0.29) is 0 Å². The molecule has 2 atom stereocenters. The number of hydrogen-bond acceptors (Lipinski definition) is 6. The molecule has 1 saturated heterocycles. The molecule has 1 aliphatic heterocycles. The Labute approximate surface area is 137 Å². The average Bonchev–Trinajstić information content (AvgIpc) is 2.93. The molecule has 0 aromatic heterocycles. The monoisotopic (exact) mass is 328 g/mol. The highest BCUT2D eigenvalue weighted by atomic mass is 16.8. The van der Waals surface area contributed by atoms with Gasteiger partial charge in [0.1, 0.15) is 11.2 Å². The van der Waals surface area contributed by atoms with Crippen molar-refractivity contribution in [2.24, 2.45) is 0 Å². The minimum absolute atomic E-state index is 0.586. The Balaban J connectivity index is 2.17. The highest BCUT2D eigenvalue weighted by Gasteiger charge is 2.56. The number of ether oxygens (including phenoxy) is 4. The Morgan fingerprint density at radius 3 is 1.48 bits per heavy atom. The largest absolute Gasteiger partial charge is 0.458 e. The summed E-state index contributed by atoms with van der Waals surface area (Å²) in [6, 6.07) is 0. The smallest absolute Gasteiger partial charge is 0.339 e. The van der Waals surface area contributed by atoms with E-state index in [2.05, 4.69) is 0 Å². The highest BCUT2D eigenvalue weighted by Crippen LogP contribution is 2.43. The van der Waals surface area contributed by atoms with E-state index in [1.54, 1.807) is 41.5 Å². The van der Waals surface area contributed by atoms with Crippen LogP contribution in [0.2, 0.25) is 0 Å². The zero-order valence-electron chi connectivity index (χ0n) is 14.9. The average molecular weight is 328 g/mol. The molecular weight excluding hydrogens is 300 g/mol. The van der Waals surface area contributed by atoms with Crippen molar-refractivity contribution >= 4 is 11.9 Å². The fourth-order valence-electron chi connectivity index (χ4n) is 2.83. The first kappa shape index (κ1) is 18.2. The molecule has 0 N–H and O–H groups in total. The number of carbonyl (C=O) groups is 2. The molecule has 6 heteroatoms. The minimum Gasteiger partial charge on any atom is -0.458 e. The molecule has 0 amide bonds. The zero-order chi connectivity index (χ0) is 17.5. The predicted octanol–water partition coefficient (Wildman–Crippen LogP) is 2.72. The summed E-state index contributed by atoms with van der Waals surface area (Å²) in [7, 11) is 0. The summed E-state index contributed by atoms with van der Waals surface area (Å²) in [6.07, 6.45) is 1.07. The maximum absolute atomic E-state index is 12.4. The van der Waals surface area contributed by atoms with Crippen molar-refractivity contribution in [3.8, 4) is 0 Å². The molecule has 1 aliphatic carbocycles. The molecule has 0 unspecified atom stereocenters. The lowest BCUT2D eigenvalue weighted by atomic mass is 10.1. The Bertz CT molecular complexity index is 426. The first-order chi connectivity index (χ1) is 10.4. The first-order valence-electron chi connectivity index (χ1n) is 8.22. The van der Waals surface area contributed by atoms with E-state index in [1.807, 2.05) is 0 Å². The Morgan fingerprint density at radius 1 is 0.826 bits per heavy atom. The molecule has 0 aromatic rings. The SMILES string of the molecule is CC(C)(C)OC(=O)[C@@H]1OC2(CCCC2)O[C@H]1C(=O)OC(C)(C)C. The lowest BCUT2D eigenvalue weighted by Gasteiger charge is -2.25. The van der Waals surface area contributed by atoms with Gasteiger partial charge in [-0.25, -0.2) is 9.59 Å². The van der Waals surface area contributed by atoms with Gasteiger partial charge < -0.3 is 18.9 Å². The van der Waals surface area contributed by atoms with E-state index in [1.165, 1.54) is 0 Å². The van der Waals surface area contributed by atoms with Crippen LogP contribution in [0.25, 0.3) is 0 Å². The van der Waals surface area contributed by atoms with E-state index >= 15 is 0 Å². The summed E-state index contributed by atoms with van der Waals surface area (Å²) in [5, 5.41) is 0. The molecule has 1 heterocycles. The molecule has 132 valence electrons.